The number of nitrogens with zero attached hydrogens (tertiary/aromatic N) is 3. The Hall–Kier alpha value is -3.58. The normalized spacial score (nSPS) is 22.3. The zero-order valence-electron chi connectivity index (χ0n) is 17.0. The maximum atomic E-state index is 15.0. The summed E-state index contributed by atoms with van der Waals surface area (Å²) in [6.07, 6.45) is -7.33. The van der Waals surface area contributed by atoms with Crippen molar-refractivity contribution in [3.63, 3.8) is 0 Å². The highest BCUT2D eigenvalue weighted by Gasteiger charge is 2.52. The summed E-state index contributed by atoms with van der Waals surface area (Å²) >= 11 is 0. The molecular formula is C20H16F7N5O2. The molecule has 3 heterocycles. The minimum atomic E-state index is -4.88. The van der Waals surface area contributed by atoms with Crippen molar-refractivity contribution in [2.24, 2.45) is 15.7 Å². The first-order valence-electron chi connectivity index (χ1n) is 9.72. The van der Waals surface area contributed by atoms with Crippen LogP contribution in [0.5, 0.6) is 5.75 Å². The van der Waals surface area contributed by atoms with E-state index in [0.717, 1.165) is 18.3 Å². The lowest BCUT2D eigenvalue weighted by Crippen LogP contribution is -2.48. The average Bonchev–Trinajstić information content (AvgIpc) is 2.77. The van der Waals surface area contributed by atoms with Gasteiger partial charge in [-0.05, 0) is 29.8 Å². The monoisotopic (exact) mass is 491 g/mol. The molecule has 2 aromatic rings. The zero-order chi connectivity index (χ0) is 24.7. The summed E-state index contributed by atoms with van der Waals surface area (Å²) in [5, 5.41) is 2.88. The molecule has 0 amide bonds. The number of hydrogen-bond acceptors (Lipinski definition) is 7. The minimum absolute atomic E-state index is 0.0602. The van der Waals surface area contributed by atoms with Crippen molar-refractivity contribution >= 4 is 17.5 Å². The summed E-state index contributed by atoms with van der Waals surface area (Å²) in [6, 6.07) is 3.80. The summed E-state index contributed by atoms with van der Waals surface area (Å²) in [4.78, 5) is 11.9. The molecule has 34 heavy (non-hydrogen) atoms. The molecule has 0 aliphatic carbocycles. The van der Waals surface area contributed by atoms with Crippen LogP contribution in [-0.4, -0.2) is 42.4 Å². The number of nitrogens with one attached hydrogen (secondary N) is 1. The quantitative estimate of drug-likeness (QED) is 0.621. The number of hydrogen-bond donors (Lipinski definition) is 2. The second kappa shape index (κ2) is 8.65. The molecule has 0 saturated heterocycles. The van der Waals surface area contributed by atoms with E-state index in [-0.39, 0.29) is 29.5 Å². The first-order chi connectivity index (χ1) is 16.0. The minimum Gasteiger partial charge on any atom is -0.452 e. The molecule has 4 rings (SSSR count). The van der Waals surface area contributed by atoms with Crippen LogP contribution in [0.1, 0.15) is 23.2 Å². The topological polar surface area (TPSA) is 94.1 Å². The second-order valence-electron chi connectivity index (χ2n) is 7.50. The maximum absolute atomic E-state index is 15.0. The summed E-state index contributed by atoms with van der Waals surface area (Å²) in [7, 11) is 0. The van der Waals surface area contributed by atoms with E-state index >= 15 is 0 Å². The van der Waals surface area contributed by atoms with Gasteiger partial charge in [0.05, 0.1) is 11.9 Å². The number of halogens is 7. The predicted octanol–water partition coefficient (Wildman–Crippen LogP) is 3.83. The Balaban J connectivity index is 1.72. The van der Waals surface area contributed by atoms with E-state index < -0.39 is 54.9 Å². The van der Waals surface area contributed by atoms with Crippen LogP contribution in [-0.2, 0) is 16.8 Å². The molecule has 3 N–H and O–H groups in total. The molecule has 0 fully saturated rings. The third-order valence-corrected chi connectivity index (χ3v) is 5.25. The Morgan fingerprint density at radius 3 is 2.65 bits per heavy atom. The number of benzene rings is 1. The smallest absolute Gasteiger partial charge is 0.425 e. The van der Waals surface area contributed by atoms with Gasteiger partial charge in [-0.15, -0.1) is 0 Å². The van der Waals surface area contributed by atoms with Crippen LogP contribution in [0, 0.1) is 5.82 Å². The number of fused-ring (bicyclic) bond motifs is 1. The van der Waals surface area contributed by atoms with Gasteiger partial charge in [-0.1, -0.05) is 0 Å². The highest BCUT2D eigenvalue weighted by atomic mass is 19.4. The molecule has 7 nitrogen and oxygen atoms in total. The van der Waals surface area contributed by atoms with Gasteiger partial charge in [-0.2, -0.15) is 22.0 Å². The van der Waals surface area contributed by atoms with E-state index in [9.17, 15) is 30.7 Å². The largest absolute Gasteiger partial charge is 0.452 e. The van der Waals surface area contributed by atoms with Gasteiger partial charge in [-0.3, -0.25) is 0 Å². The molecule has 0 bridgehead atoms. The maximum Gasteiger partial charge on any atom is 0.425 e. The first-order valence-corrected chi connectivity index (χ1v) is 9.72. The van der Waals surface area contributed by atoms with Crippen LogP contribution in [0.3, 0.4) is 0 Å². The highest BCUT2D eigenvalue weighted by Crippen LogP contribution is 2.43. The Kier molecular flexibility index (Phi) is 6.00. The van der Waals surface area contributed by atoms with E-state index in [2.05, 4.69) is 29.8 Å². The second-order valence-corrected chi connectivity index (χ2v) is 7.50. The molecular weight excluding hydrogens is 475 g/mol. The molecule has 2 aliphatic rings. The summed E-state index contributed by atoms with van der Waals surface area (Å²) in [6.45, 7) is -4.44. The van der Waals surface area contributed by atoms with Crippen molar-refractivity contribution in [1.82, 2.24) is 10.3 Å². The van der Waals surface area contributed by atoms with E-state index in [1.54, 1.807) is 0 Å². The van der Waals surface area contributed by atoms with Gasteiger partial charge in [0.25, 0.3) is 6.02 Å². The number of aromatic nitrogens is 1. The zero-order valence-corrected chi connectivity index (χ0v) is 17.0. The van der Waals surface area contributed by atoms with Gasteiger partial charge in [0, 0.05) is 18.5 Å². The van der Waals surface area contributed by atoms with Crippen LogP contribution in [0.4, 0.5) is 36.4 Å². The van der Waals surface area contributed by atoms with Crippen molar-refractivity contribution in [2.45, 2.75) is 37.4 Å². The molecule has 0 unspecified atom stereocenters. The van der Waals surface area contributed by atoms with Crippen LogP contribution in [0.25, 0.3) is 0 Å². The predicted molar refractivity (Wildman–Crippen MR) is 105 cm³/mol. The first kappa shape index (κ1) is 23.6. The Labute approximate surface area is 187 Å². The number of amidine groups is 2. The molecule has 2 aliphatic heterocycles. The van der Waals surface area contributed by atoms with Crippen molar-refractivity contribution in [1.29, 1.82) is 0 Å². The van der Waals surface area contributed by atoms with Crippen molar-refractivity contribution in [3.8, 4) is 5.75 Å². The van der Waals surface area contributed by atoms with Gasteiger partial charge in [0.2, 0.25) is 0 Å². The lowest BCUT2D eigenvalue weighted by Gasteiger charge is -2.37. The van der Waals surface area contributed by atoms with E-state index in [1.807, 2.05) is 0 Å². The van der Waals surface area contributed by atoms with Crippen molar-refractivity contribution in [3.05, 3.63) is 53.1 Å². The standard InChI is InChI=1S/C20H16F7N5O2/c21-8-19(5-15(20(25,26)27)34-18(28)32-19)11-4-14-9(3-12(11)22)6-30-16(31-14)13-2-1-10(7-29-13)33-17(23)24/h1-4,7,15,17H,5-6,8H2,(H2,28,32)(H,30,31)/t15-,19+/m0/s1. The summed E-state index contributed by atoms with van der Waals surface area (Å²) in [5.41, 5.74) is 3.34. The Morgan fingerprint density at radius 2 is 2.03 bits per heavy atom. The summed E-state index contributed by atoms with van der Waals surface area (Å²) in [5.74, 6) is -0.993. The fourth-order valence-corrected chi connectivity index (χ4v) is 3.67. The fraction of sp³-hybridized carbons (Fsp3) is 0.350. The molecule has 0 saturated carbocycles. The van der Waals surface area contributed by atoms with Gasteiger partial charge >= 0.3 is 12.8 Å². The van der Waals surface area contributed by atoms with Crippen LogP contribution < -0.4 is 15.8 Å². The SMILES string of the molecule is NC1=N[C@](CF)(c2cc3c(cc2F)CNC(c2ccc(OC(F)F)cn2)=N3)C[C@@H](C(F)(F)F)O1. The number of alkyl halides is 6. The van der Waals surface area contributed by atoms with Gasteiger partial charge < -0.3 is 20.5 Å². The molecule has 0 radical (unpaired) electrons. The number of nitrogens with two attached hydrogens (primary N) is 1. The fourth-order valence-electron chi connectivity index (χ4n) is 3.67. The summed E-state index contributed by atoms with van der Waals surface area (Å²) < 4.78 is 102. The van der Waals surface area contributed by atoms with Crippen LogP contribution in [0.2, 0.25) is 0 Å². The van der Waals surface area contributed by atoms with Gasteiger partial charge in [0.1, 0.15) is 29.5 Å². The number of rotatable bonds is 5. The van der Waals surface area contributed by atoms with Gasteiger partial charge in [-0.25, -0.2) is 23.7 Å². The van der Waals surface area contributed by atoms with Gasteiger partial charge in [0.15, 0.2) is 11.9 Å². The lowest BCUT2D eigenvalue weighted by molar-refractivity contribution is -0.209. The van der Waals surface area contributed by atoms with E-state index in [1.165, 1.54) is 12.1 Å². The molecule has 14 heteroatoms. The molecule has 0 spiro atoms. The third-order valence-electron chi connectivity index (χ3n) is 5.25. The lowest BCUT2D eigenvalue weighted by atomic mass is 9.83. The van der Waals surface area contributed by atoms with E-state index in [4.69, 9.17) is 5.73 Å². The third kappa shape index (κ3) is 4.56. The van der Waals surface area contributed by atoms with Crippen LogP contribution in [0.15, 0.2) is 40.4 Å². The molecule has 182 valence electrons. The number of aliphatic imine (C=N–C) groups is 2. The van der Waals surface area contributed by atoms with Crippen LogP contribution >= 0.6 is 0 Å². The molecule has 2 atom stereocenters. The van der Waals surface area contributed by atoms with Crippen molar-refractivity contribution in [2.75, 3.05) is 6.67 Å². The Bertz CT molecular complexity index is 1140. The molecule has 1 aromatic heterocycles. The van der Waals surface area contributed by atoms with Crippen molar-refractivity contribution < 1.29 is 40.2 Å². The average molecular weight is 491 g/mol. The number of ether oxygens (including phenoxy) is 2. The highest BCUT2D eigenvalue weighted by molar-refractivity contribution is 5.99. The Morgan fingerprint density at radius 1 is 1.26 bits per heavy atom. The molecule has 1 aromatic carbocycles. The van der Waals surface area contributed by atoms with E-state index in [0.29, 0.717) is 5.56 Å². The number of pyridine rings is 1.